The second-order valence-electron chi connectivity index (χ2n) is 9.57. The molecule has 1 fully saturated rings. The van der Waals surface area contributed by atoms with Gasteiger partial charge in [0, 0.05) is 30.1 Å². The summed E-state index contributed by atoms with van der Waals surface area (Å²) in [6, 6.07) is 11.6. The van der Waals surface area contributed by atoms with Gasteiger partial charge in [0.05, 0.1) is 12.0 Å². The Morgan fingerprint density at radius 3 is 2.43 bits per heavy atom. The number of nitrogens with zero attached hydrogens (tertiary/aromatic N) is 2. The molecule has 4 rings (SSSR count). The quantitative estimate of drug-likeness (QED) is 0.678. The van der Waals surface area contributed by atoms with Gasteiger partial charge >= 0.3 is 0 Å². The van der Waals surface area contributed by atoms with Gasteiger partial charge in [-0.05, 0) is 47.3 Å². The van der Waals surface area contributed by atoms with Crippen LogP contribution in [-0.2, 0) is 4.79 Å². The Hall–Kier alpha value is -2.14. The zero-order valence-electron chi connectivity index (χ0n) is 18.4. The minimum absolute atomic E-state index is 0.0436. The Morgan fingerprint density at radius 2 is 1.80 bits per heavy atom. The smallest absolute Gasteiger partial charge is 0.254 e. The second-order valence-corrected chi connectivity index (χ2v) is 10.5. The molecule has 2 aromatic rings. The van der Waals surface area contributed by atoms with Crippen molar-refractivity contribution in [2.45, 2.75) is 46.1 Å². The van der Waals surface area contributed by atoms with Crippen LogP contribution >= 0.6 is 11.3 Å². The third-order valence-electron chi connectivity index (χ3n) is 6.28. The van der Waals surface area contributed by atoms with Gasteiger partial charge in [-0.1, -0.05) is 52.0 Å². The number of rotatable bonds is 4. The van der Waals surface area contributed by atoms with Gasteiger partial charge in [-0.3, -0.25) is 9.59 Å². The summed E-state index contributed by atoms with van der Waals surface area (Å²) in [5.74, 6) is 1.19. The standard InChI is InChI=1S/C25H32N2O2S/c1-16(2)13-27-23(21-10-7-11-30-21)22(19-8-5-6-9-20(19)24(27)28)25(29)26-14-17(3)12-18(4)15-26/h5-11,16-18,22-23H,12-15H2,1-4H3. The molecule has 160 valence electrons. The van der Waals surface area contributed by atoms with Gasteiger partial charge in [0.1, 0.15) is 0 Å². The highest BCUT2D eigenvalue weighted by Crippen LogP contribution is 2.45. The van der Waals surface area contributed by atoms with Crippen LogP contribution in [0.4, 0.5) is 0 Å². The van der Waals surface area contributed by atoms with E-state index in [1.165, 1.54) is 0 Å². The molecule has 0 aliphatic carbocycles. The molecule has 0 saturated carbocycles. The molecule has 4 unspecified atom stereocenters. The first kappa shape index (κ1) is 21.1. The largest absolute Gasteiger partial charge is 0.342 e. The number of carbonyl (C=O) groups excluding carboxylic acids is 2. The third-order valence-corrected chi connectivity index (χ3v) is 7.22. The van der Waals surface area contributed by atoms with Gasteiger partial charge in [0.2, 0.25) is 5.91 Å². The molecule has 0 bridgehead atoms. The summed E-state index contributed by atoms with van der Waals surface area (Å²) in [6.45, 7) is 11.0. The first-order valence-corrected chi connectivity index (χ1v) is 12.0. The highest BCUT2D eigenvalue weighted by Gasteiger charge is 2.46. The Balaban J connectivity index is 1.82. The number of benzene rings is 1. The fourth-order valence-electron chi connectivity index (χ4n) is 5.27. The lowest BCUT2D eigenvalue weighted by Crippen LogP contribution is -2.51. The molecule has 2 aliphatic rings. The monoisotopic (exact) mass is 424 g/mol. The molecule has 30 heavy (non-hydrogen) atoms. The van der Waals surface area contributed by atoms with E-state index in [1.54, 1.807) is 11.3 Å². The number of piperidine rings is 1. The van der Waals surface area contributed by atoms with Crippen LogP contribution in [0.15, 0.2) is 41.8 Å². The van der Waals surface area contributed by atoms with Crippen molar-refractivity contribution in [1.29, 1.82) is 0 Å². The fraction of sp³-hybridized carbons (Fsp3) is 0.520. The molecule has 4 atom stereocenters. The lowest BCUT2D eigenvalue weighted by molar-refractivity contribution is -0.137. The van der Waals surface area contributed by atoms with Gasteiger partial charge < -0.3 is 9.80 Å². The summed E-state index contributed by atoms with van der Waals surface area (Å²) < 4.78 is 0. The van der Waals surface area contributed by atoms with Gasteiger partial charge in [0.25, 0.3) is 5.91 Å². The first-order chi connectivity index (χ1) is 14.4. The zero-order chi connectivity index (χ0) is 21.4. The van der Waals surface area contributed by atoms with E-state index in [4.69, 9.17) is 0 Å². The summed E-state index contributed by atoms with van der Waals surface area (Å²) in [6.07, 6.45) is 1.16. The van der Waals surface area contributed by atoms with E-state index in [0.29, 0.717) is 29.9 Å². The summed E-state index contributed by atoms with van der Waals surface area (Å²) in [5.41, 5.74) is 1.57. The van der Waals surface area contributed by atoms with Gasteiger partial charge in [-0.2, -0.15) is 0 Å². The van der Waals surface area contributed by atoms with Crippen molar-refractivity contribution in [3.05, 3.63) is 57.8 Å². The SMILES string of the molecule is CC(C)CN1C(=O)c2ccccc2C(C(=O)N2CC(C)CC(C)C2)C1c1cccs1. The summed E-state index contributed by atoms with van der Waals surface area (Å²) in [5, 5.41) is 2.04. The average Bonchev–Trinajstić information content (AvgIpc) is 3.22. The van der Waals surface area contributed by atoms with Crippen molar-refractivity contribution in [2.75, 3.05) is 19.6 Å². The van der Waals surface area contributed by atoms with Crippen LogP contribution in [0.1, 0.15) is 66.9 Å². The molecule has 2 aliphatic heterocycles. The maximum Gasteiger partial charge on any atom is 0.254 e. The van der Waals surface area contributed by atoms with Crippen LogP contribution in [0.2, 0.25) is 0 Å². The third kappa shape index (κ3) is 3.92. The van der Waals surface area contributed by atoms with Gasteiger partial charge in [-0.25, -0.2) is 0 Å². The van der Waals surface area contributed by atoms with E-state index in [2.05, 4.69) is 38.7 Å². The normalized spacial score (nSPS) is 26.8. The number of fused-ring (bicyclic) bond motifs is 1. The fourth-order valence-corrected chi connectivity index (χ4v) is 6.14. The highest BCUT2D eigenvalue weighted by atomic mass is 32.1. The minimum Gasteiger partial charge on any atom is -0.342 e. The van der Waals surface area contributed by atoms with Crippen LogP contribution < -0.4 is 0 Å². The topological polar surface area (TPSA) is 40.6 Å². The molecule has 2 amide bonds. The van der Waals surface area contributed by atoms with Gasteiger partial charge in [0.15, 0.2) is 0 Å². The van der Waals surface area contributed by atoms with Crippen molar-refractivity contribution in [1.82, 2.24) is 9.80 Å². The Morgan fingerprint density at radius 1 is 1.10 bits per heavy atom. The van der Waals surface area contributed by atoms with Crippen LogP contribution in [0, 0.1) is 17.8 Å². The van der Waals surface area contributed by atoms with Crippen molar-refractivity contribution < 1.29 is 9.59 Å². The van der Waals surface area contributed by atoms with Crippen molar-refractivity contribution in [2.24, 2.45) is 17.8 Å². The van der Waals surface area contributed by atoms with Crippen LogP contribution in [0.5, 0.6) is 0 Å². The molecule has 1 aromatic carbocycles. The molecule has 0 spiro atoms. The van der Waals surface area contributed by atoms with Crippen LogP contribution in [0.3, 0.4) is 0 Å². The van der Waals surface area contributed by atoms with E-state index < -0.39 is 0 Å². The van der Waals surface area contributed by atoms with Crippen molar-refractivity contribution in [3.8, 4) is 0 Å². The lowest BCUT2D eigenvalue weighted by atomic mass is 9.80. The number of likely N-dealkylation sites (tertiary alicyclic amines) is 1. The van der Waals surface area contributed by atoms with Gasteiger partial charge in [-0.15, -0.1) is 11.3 Å². The number of thiophene rings is 1. The second kappa shape index (κ2) is 8.54. The Labute approximate surface area is 183 Å². The molecule has 0 N–H and O–H groups in total. The predicted molar refractivity (Wildman–Crippen MR) is 122 cm³/mol. The molecule has 5 heteroatoms. The van der Waals surface area contributed by atoms with E-state index in [-0.39, 0.29) is 23.8 Å². The molecule has 1 saturated heterocycles. The van der Waals surface area contributed by atoms with E-state index in [0.717, 1.165) is 30.0 Å². The van der Waals surface area contributed by atoms with E-state index in [1.807, 2.05) is 40.6 Å². The Kier molecular flexibility index (Phi) is 6.01. The number of hydrogen-bond acceptors (Lipinski definition) is 3. The van der Waals surface area contributed by atoms with Crippen molar-refractivity contribution >= 4 is 23.2 Å². The maximum absolute atomic E-state index is 14.0. The van der Waals surface area contributed by atoms with Crippen LogP contribution in [-0.4, -0.2) is 41.2 Å². The predicted octanol–water partition coefficient (Wildman–Crippen LogP) is 5.19. The maximum atomic E-state index is 14.0. The first-order valence-electron chi connectivity index (χ1n) is 11.1. The molecule has 1 aromatic heterocycles. The molecular weight excluding hydrogens is 392 g/mol. The van der Waals surface area contributed by atoms with E-state index in [9.17, 15) is 9.59 Å². The van der Waals surface area contributed by atoms with Crippen molar-refractivity contribution in [3.63, 3.8) is 0 Å². The number of carbonyl (C=O) groups is 2. The summed E-state index contributed by atoms with van der Waals surface area (Å²) in [4.78, 5) is 32.7. The Bertz CT molecular complexity index is 898. The molecule has 0 radical (unpaired) electrons. The zero-order valence-corrected chi connectivity index (χ0v) is 19.2. The van der Waals surface area contributed by atoms with Crippen LogP contribution in [0.25, 0.3) is 0 Å². The summed E-state index contributed by atoms with van der Waals surface area (Å²) in [7, 11) is 0. The molecule has 3 heterocycles. The molecular formula is C25H32N2O2S. The van der Waals surface area contributed by atoms with E-state index >= 15 is 0 Å². The molecule has 4 nitrogen and oxygen atoms in total. The number of hydrogen-bond donors (Lipinski definition) is 0. The number of amides is 2. The average molecular weight is 425 g/mol. The highest BCUT2D eigenvalue weighted by molar-refractivity contribution is 7.10. The minimum atomic E-state index is -0.353. The lowest BCUT2D eigenvalue weighted by Gasteiger charge is -2.45. The summed E-state index contributed by atoms with van der Waals surface area (Å²) >= 11 is 1.64.